The summed E-state index contributed by atoms with van der Waals surface area (Å²) >= 11 is 0. The fraction of sp³-hybridized carbons (Fsp3) is 0.278. The van der Waals surface area contributed by atoms with E-state index in [1.165, 1.54) is 18.2 Å². The zero-order valence-electron chi connectivity index (χ0n) is 14.0. The monoisotopic (exact) mass is 346 g/mol. The highest BCUT2D eigenvalue weighted by atomic mass is 19.4. The van der Waals surface area contributed by atoms with Gasteiger partial charge in [-0.2, -0.15) is 13.2 Å². The zero-order chi connectivity index (χ0) is 18.2. The van der Waals surface area contributed by atoms with E-state index in [0.29, 0.717) is 11.5 Å². The number of nitrogens with zero attached hydrogens (tertiary/aromatic N) is 4. The highest BCUT2D eigenvalue weighted by Gasteiger charge is 2.33. The number of hydrogen-bond acceptors (Lipinski definition) is 3. The molecule has 0 atom stereocenters. The van der Waals surface area contributed by atoms with Gasteiger partial charge in [-0.15, -0.1) is 10.2 Å². The molecule has 2 heterocycles. The molecule has 130 valence electrons. The lowest BCUT2D eigenvalue weighted by Crippen LogP contribution is -2.04. The first-order chi connectivity index (χ1) is 11.8. The van der Waals surface area contributed by atoms with Crippen LogP contribution in [0.4, 0.5) is 24.7 Å². The van der Waals surface area contributed by atoms with Gasteiger partial charge in [-0.05, 0) is 36.6 Å². The Bertz CT molecular complexity index is 939. The second kappa shape index (κ2) is 6.31. The molecular weight excluding hydrogens is 329 g/mol. The SMILES string of the molecule is Cc1cccn2c(N=Nc3ccccc3C(F)(F)F)c(C(C)C)nc12. The molecule has 4 nitrogen and oxygen atoms in total. The van der Waals surface area contributed by atoms with E-state index >= 15 is 0 Å². The summed E-state index contributed by atoms with van der Waals surface area (Å²) < 4.78 is 41.1. The molecule has 7 heteroatoms. The molecule has 0 fully saturated rings. The van der Waals surface area contributed by atoms with Gasteiger partial charge in [0.2, 0.25) is 0 Å². The summed E-state index contributed by atoms with van der Waals surface area (Å²) in [7, 11) is 0. The maximum Gasteiger partial charge on any atom is 0.418 e. The van der Waals surface area contributed by atoms with Crippen LogP contribution in [0.25, 0.3) is 5.65 Å². The van der Waals surface area contributed by atoms with Crippen molar-refractivity contribution in [3.8, 4) is 0 Å². The van der Waals surface area contributed by atoms with Crippen LogP contribution in [0.15, 0.2) is 52.8 Å². The molecule has 0 aliphatic rings. The van der Waals surface area contributed by atoms with Crippen LogP contribution in [-0.2, 0) is 6.18 Å². The molecule has 0 amide bonds. The average molecular weight is 346 g/mol. The average Bonchev–Trinajstić information content (AvgIpc) is 2.93. The summed E-state index contributed by atoms with van der Waals surface area (Å²) in [6.07, 6.45) is -2.70. The van der Waals surface area contributed by atoms with Gasteiger partial charge in [-0.25, -0.2) is 4.98 Å². The van der Waals surface area contributed by atoms with E-state index in [-0.39, 0.29) is 11.6 Å². The Morgan fingerprint density at radius 3 is 2.44 bits per heavy atom. The summed E-state index contributed by atoms with van der Waals surface area (Å²) in [6.45, 7) is 5.84. The maximum absolute atomic E-state index is 13.1. The fourth-order valence-corrected chi connectivity index (χ4v) is 2.60. The predicted molar refractivity (Wildman–Crippen MR) is 89.6 cm³/mol. The van der Waals surface area contributed by atoms with Gasteiger partial charge in [0, 0.05) is 6.20 Å². The smallest absolute Gasteiger partial charge is 0.283 e. The molecule has 3 rings (SSSR count). The first-order valence-corrected chi connectivity index (χ1v) is 7.84. The van der Waals surface area contributed by atoms with Crippen molar-refractivity contribution in [1.29, 1.82) is 0 Å². The summed E-state index contributed by atoms with van der Waals surface area (Å²) in [4.78, 5) is 4.58. The standard InChI is InChI=1S/C18H17F3N4/c1-11(2)15-17(25-10-6-7-12(3)16(25)22-15)24-23-14-9-5-4-8-13(14)18(19,20)21/h4-11H,1-3H3. The lowest BCUT2D eigenvalue weighted by atomic mass is 10.1. The third kappa shape index (κ3) is 3.26. The van der Waals surface area contributed by atoms with Gasteiger partial charge in [-0.3, -0.25) is 4.40 Å². The number of aryl methyl sites for hydroxylation is 1. The summed E-state index contributed by atoms with van der Waals surface area (Å²) in [6, 6.07) is 8.90. The minimum atomic E-state index is -4.48. The summed E-state index contributed by atoms with van der Waals surface area (Å²) in [5.41, 5.74) is 1.36. The lowest BCUT2D eigenvalue weighted by molar-refractivity contribution is -0.137. The molecule has 2 aromatic heterocycles. The van der Waals surface area contributed by atoms with Crippen molar-refractivity contribution in [3.63, 3.8) is 0 Å². The van der Waals surface area contributed by atoms with Gasteiger partial charge in [0.15, 0.2) is 5.82 Å². The third-order valence-corrected chi connectivity index (χ3v) is 3.85. The van der Waals surface area contributed by atoms with Crippen LogP contribution in [-0.4, -0.2) is 9.38 Å². The van der Waals surface area contributed by atoms with E-state index in [1.54, 1.807) is 10.6 Å². The Morgan fingerprint density at radius 1 is 1.04 bits per heavy atom. The molecule has 3 aromatic rings. The Kier molecular flexibility index (Phi) is 4.32. The Labute approximate surface area is 143 Å². The number of alkyl halides is 3. The van der Waals surface area contributed by atoms with Crippen molar-refractivity contribution in [2.24, 2.45) is 10.2 Å². The number of azo groups is 1. The maximum atomic E-state index is 13.1. The quantitative estimate of drug-likeness (QED) is 0.521. The van der Waals surface area contributed by atoms with Crippen LogP contribution in [0.1, 0.15) is 36.6 Å². The van der Waals surface area contributed by atoms with Gasteiger partial charge in [0.05, 0.1) is 16.9 Å². The van der Waals surface area contributed by atoms with Gasteiger partial charge in [0.25, 0.3) is 0 Å². The molecule has 0 saturated heterocycles. The van der Waals surface area contributed by atoms with Crippen LogP contribution in [0, 0.1) is 6.92 Å². The Morgan fingerprint density at radius 2 is 1.76 bits per heavy atom. The number of aromatic nitrogens is 2. The van der Waals surface area contributed by atoms with Crippen molar-refractivity contribution in [1.82, 2.24) is 9.38 Å². The predicted octanol–water partition coefficient (Wildman–Crippen LogP) is 6.20. The molecule has 0 spiro atoms. The topological polar surface area (TPSA) is 42.0 Å². The number of halogens is 3. The number of rotatable bonds is 3. The number of pyridine rings is 1. The number of benzene rings is 1. The van der Waals surface area contributed by atoms with Crippen LogP contribution in [0.3, 0.4) is 0 Å². The molecule has 0 bridgehead atoms. The zero-order valence-corrected chi connectivity index (χ0v) is 14.0. The second-order valence-electron chi connectivity index (χ2n) is 6.08. The van der Waals surface area contributed by atoms with Crippen LogP contribution in [0.5, 0.6) is 0 Å². The van der Waals surface area contributed by atoms with Gasteiger partial charge in [0.1, 0.15) is 5.65 Å². The van der Waals surface area contributed by atoms with Gasteiger partial charge >= 0.3 is 6.18 Å². The van der Waals surface area contributed by atoms with E-state index in [1.807, 2.05) is 32.9 Å². The van der Waals surface area contributed by atoms with E-state index in [4.69, 9.17) is 0 Å². The summed E-state index contributed by atoms with van der Waals surface area (Å²) in [5.74, 6) is 0.511. The van der Waals surface area contributed by atoms with Crippen molar-refractivity contribution in [2.45, 2.75) is 32.9 Å². The Balaban J connectivity index is 2.15. The van der Waals surface area contributed by atoms with Crippen molar-refractivity contribution in [3.05, 3.63) is 59.4 Å². The molecule has 0 radical (unpaired) electrons. The van der Waals surface area contributed by atoms with Crippen LogP contribution >= 0.6 is 0 Å². The molecule has 0 N–H and O–H groups in total. The lowest BCUT2D eigenvalue weighted by Gasteiger charge is -2.08. The van der Waals surface area contributed by atoms with Crippen molar-refractivity contribution < 1.29 is 13.2 Å². The third-order valence-electron chi connectivity index (χ3n) is 3.85. The molecule has 1 aromatic carbocycles. The van der Waals surface area contributed by atoms with E-state index < -0.39 is 11.7 Å². The largest absolute Gasteiger partial charge is 0.418 e. The minimum Gasteiger partial charge on any atom is -0.283 e. The molecule has 25 heavy (non-hydrogen) atoms. The number of hydrogen-bond donors (Lipinski definition) is 0. The fourth-order valence-electron chi connectivity index (χ4n) is 2.60. The van der Waals surface area contributed by atoms with Crippen LogP contribution in [0.2, 0.25) is 0 Å². The highest BCUT2D eigenvalue weighted by molar-refractivity contribution is 5.57. The van der Waals surface area contributed by atoms with E-state index in [2.05, 4.69) is 15.2 Å². The van der Waals surface area contributed by atoms with Crippen molar-refractivity contribution >= 4 is 17.2 Å². The summed E-state index contributed by atoms with van der Waals surface area (Å²) in [5, 5.41) is 8.01. The van der Waals surface area contributed by atoms with Gasteiger partial charge in [-0.1, -0.05) is 32.0 Å². The number of fused-ring (bicyclic) bond motifs is 1. The van der Waals surface area contributed by atoms with Gasteiger partial charge < -0.3 is 0 Å². The molecular formula is C18H17F3N4. The molecule has 0 unspecified atom stereocenters. The minimum absolute atomic E-state index is 0.0612. The second-order valence-corrected chi connectivity index (χ2v) is 6.08. The Hall–Kier alpha value is -2.70. The van der Waals surface area contributed by atoms with Crippen LogP contribution < -0.4 is 0 Å². The van der Waals surface area contributed by atoms with E-state index in [0.717, 1.165) is 17.3 Å². The first-order valence-electron chi connectivity index (χ1n) is 7.84. The van der Waals surface area contributed by atoms with E-state index in [9.17, 15) is 13.2 Å². The van der Waals surface area contributed by atoms with Crippen molar-refractivity contribution in [2.75, 3.05) is 0 Å². The molecule has 0 aliphatic heterocycles. The highest BCUT2D eigenvalue weighted by Crippen LogP contribution is 2.37. The molecule has 0 aliphatic carbocycles. The molecule has 0 saturated carbocycles. The normalized spacial score (nSPS) is 12.6. The first kappa shape index (κ1) is 17.1. The number of imidazole rings is 1.